The van der Waals surface area contributed by atoms with E-state index in [1.165, 1.54) is 27.7 Å². The average molecular weight is 605 g/mol. The van der Waals surface area contributed by atoms with E-state index in [9.17, 15) is 24.0 Å². The molecular formula is C33H36N2O9. The molecule has 11 heteroatoms. The molecule has 0 bridgehead atoms. The molecule has 0 spiro atoms. The molecule has 1 aliphatic heterocycles. The Bertz CT molecular complexity index is 1510. The van der Waals surface area contributed by atoms with Crippen LogP contribution < -0.4 is 14.8 Å². The number of rotatable bonds is 10. The van der Waals surface area contributed by atoms with Crippen LogP contribution in [0.4, 0.5) is 0 Å². The maximum Gasteiger partial charge on any atom is 0.308 e. The van der Waals surface area contributed by atoms with E-state index in [0.29, 0.717) is 38.9 Å². The number of carbonyl (C=O) groups is 5. The monoisotopic (exact) mass is 604 g/mol. The van der Waals surface area contributed by atoms with Crippen LogP contribution in [0.15, 0.2) is 66.1 Å². The fraction of sp³-hybridized carbons (Fsp3) is 0.364. The van der Waals surface area contributed by atoms with Gasteiger partial charge in [-0.05, 0) is 66.2 Å². The van der Waals surface area contributed by atoms with Crippen LogP contribution in [0.25, 0.3) is 0 Å². The third-order valence-corrected chi connectivity index (χ3v) is 7.09. The molecule has 0 fully saturated rings. The Balaban J connectivity index is 1.46. The molecule has 0 radical (unpaired) electrons. The molecule has 1 heterocycles. The van der Waals surface area contributed by atoms with Crippen molar-refractivity contribution in [2.45, 2.75) is 59.5 Å². The Morgan fingerprint density at radius 2 is 1.43 bits per heavy atom. The largest absolute Gasteiger partial charge is 0.423 e. The zero-order valence-corrected chi connectivity index (χ0v) is 25.2. The van der Waals surface area contributed by atoms with Gasteiger partial charge in [0, 0.05) is 47.3 Å². The van der Waals surface area contributed by atoms with E-state index in [2.05, 4.69) is 16.3 Å². The Morgan fingerprint density at radius 3 is 2.11 bits per heavy atom. The van der Waals surface area contributed by atoms with E-state index in [1.807, 2.05) is 18.2 Å². The van der Waals surface area contributed by atoms with Crippen molar-refractivity contribution in [3.63, 3.8) is 0 Å². The highest BCUT2D eigenvalue weighted by Gasteiger charge is 2.33. The Labute approximate surface area is 255 Å². The number of allylic oxidation sites excluding steroid dienone is 1. The molecule has 2 aromatic carbocycles. The summed E-state index contributed by atoms with van der Waals surface area (Å²) in [5.41, 5.74) is 3.02. The van der Waals surface area contributed by atoms with E-state index >= 15 is 0 Å². The summed E-state index contributed by atoms with van der Waals surface area (Å²) in [5.74, 6) is -1.69. The summed E-state index contributed by atoms with van der Waals surface area (Å²) < 4.78 is 20.9. The fourth-order valence-electron chi connectivity index (χ4n) is 5.29. The molecule has 2 atom stereocenters. The van der Waals surface area contributed by atoms with Crippen molar-refractivity contribution in [3.05, 3.63) is 82.8 Å². The van der Waals surface area contributed by atoms with Gasteiger partial charge in [-0.25, -0.2) is 0 Å². The van der Waals surface area contributed by atoms with Crippen LogP contribution in [0.1, 0.15) is 50.8 Å². The van der Waals surface area contributed by atoms with Crippen LogP contribution in [0.2, 0.25) is 0 Å². The number of hydrogen-bond acceptors (Lipinski definition) is 10. The number of ether oxygens (including phenoxy) is 4. The van der Waals surface area contributed by atoms with Crippen LogP contribution in [0, 0.1) is 5.92 Å². The number of nitrogens with one attached hydrogen (secondary N) is 1. The Hall–Kier alpha value is -4.77. The number of esters is 4. The van der Waals surface area contributed by atoms with Gasteiger partial charge in [0.15, 0.2) is 23.0 Å². The predicted molar refractivity (Wildman–Crippen MR) is 158 cm³/mol. The van der Waals surface area contributed by atoms with E-state index in [0.717, 1.165) is 16.7 Å². The number of carbonyl (C=O) groups excluding carboxylic acids is 5. The van der Waals surface area contributed by atoms with Crippen molar-refractivity contribution in [1.29, 1.82) is 0 Å². The molecule has 232 valence electrons. The maximum atomic E-state index is 13.6. The molecule has 0 aromatic heterocycles. The highest BCUT2D eigenvalue weighted by Crippen LogP contribution is 2.31. The topological polar surface area (TPSA) is 138 Å². The third-order valence-electron chi connectivity index (χ3n) is 7.09. The lowest BCUT2D eigenvalue weighted by Crippen LogP contribution is -2.51. The molecule has 44 heavy (non-hydrogen) atoms. The second-order valence-electron chi connectivity index (χ2n) is 10.7. The molecule has 0 saturated carbocycles. The molecular weight excluding hydrogens is 568 g/mol. The molecule has 0 saturated heterocycles. The van der Waals surface area contributed by atoms with Crippen molar-refractivity contribution < 1.29 is 42.9 Å². The summed E-state index contributed by atoms with van der Waals surface area (Å²) in [5, 5.41) is 3.04. The van der Waals surface area contributed by atoms with Gasteiger partial charge < -0.3 is 24.3 Å². The maximum absolute atomic E-state index is 13.6. The molecule has 1 N–H and O–H groups in total. The predicted octanol–water partition coefficient (Wildman–Crippen LogP) is 3.54. The highest BCUT2D eigenvalue weighted by molar-refractivity contribution is 5.82. The minimum absolute atomic E-state index is 0.0975. The van der Waals surface area contributed by atoms with Crippen molar-refractivity contribution >= 4 is 29.8 Å². The molecule has 2 unspecified atom stereocenters. The SMILES string of the molecule is CC(=O)OC1=CCC(CN2Cc3ccccc3CC2C(=O)NCCc2ccc(OC(C)=O)c(OC(C)=O)c2)C=C1OC(C)=O. The van der Waals surface area contributed by atoms with Gasteiger partial charge in [-0.1, -0.05) is 30.3 Å². The van der Waals surface area contributed by atoms with Gasteiger partial charge in [-0.3, -0.25) is 28.9 Å². The van der Waals surface area contributed by atoms with Crippen LogP contribution in [0.3, 0.4) is 0 Å². The third kappa shape index (κ3) is 8.87. The quantitative estimate of drug-likeness (QED) is 0.317. The fourth-order valence-corrected chi connectivity index (χ4v) is 5.29. The number of hydrogen-bond donors (Lipinski definition) is 1. The smallest absolute Gasteiger partial charge is 0.308 e. The molecule has 4 rings (SSSR count). The molecule has 1 amide bonds. The number of nitrogens with zero attached hydrogens (tertiary/aromatic N) is 1. The summed E-state index contributed by atoms with van der Waals surface area (Å²) in [6.07, 6.45) is 5.01. The van der Waals surface area contributed by atoms with Gasteiger partial charge in [0.25, 0.3) is 0 Å². The van der Waals surface area contributed by atoms with E-state index < -0.39 is 29.9 Å². The average Bonchev–Trinajstić information content (AvgIpc) is 2.94. The van der Waals surface area contributed by atoms with Crippen LogP contribution in [0.5, 0.6) is 11.5 Å². The van der Waals surface area contributed by atoms with Crippen molar-refractivity contribution in [1.82, 2.24) is 10.2 Å². The van der Waals surface area contributed by atoms with E-state index in [4.69, 9.17) is 18.9 Å². The van der Waals surface area contributed by atoms with Gasteiger partial charge >= 0.3 is 23.9 Å². The minimum Gasteiger partial charge on any atom is -0.423 e. The van der Waals surface area contributed by atoms with Crippen LogP contribution in [-0.4, -0.2) is 53.8 Å². The second kappa shape index (κ2) is 14.6. The van der Waals surface area contributed by atoms with Crippen molar-refractivity contribution in [2.24, 2.45) is 5.92 Å². The first-order chi connectivity index (χ1) is 21.0. The molecule has 2 aromatic rings. The second-order valence-corrected chi connectivity index (χ2v) is 10.7. The zero-order chi connectivity index (χ0) is 31.8. The first-order valence-electron chi connectivity index (χ1n) is 14.4. The van der Waals surface area contributed by atoms with Gasteiger partial charge in [-0.15, -0.1) is 0 Å². The standard InChI is InChI=1S/C33H36N2O9/c1-20(36)41-29-11-9-24(15-31(29)43-22(3)38)13-14-34-33(40)28-17-26-7-5-6-8-27(26)19-35(28)18-25-10-12-30(42-21(2)37)32(16-25)44-23(4)39/h5-9,11-12,15-16,25,28H,10,13-14,17-19H2,1-4H3,(H,34,40). The van der Waals surface area contributed by atoms with Gasteiger partial charge in [0.1, 0.15) is 0 Å². The number of amides is 1. The number of fused-ring (bicyclic) bond motifs is 1. The highest BCUT2D eigenvalue weighted by atomic mass is 16.6. The van der Waals surface area contributed by atoms with Gasteiger partial charge in [0.05, 0.1) is 6.04 Å². The summed E-state index contributed by atoms with van der Waals surface area (Å²) in [7, 11) is 0. The normalized spacial score (nSPS) is 17.7. The van der Waals surface area contributed by atoms with Crippen LogP contribution >= 0.6 is 0 Å². The molecule has 11 nitrogen and oxygen atoms in total. The lowest BCUT2D eigenvalue weighted by molar-refractivity contribution is -0.141. The Kier molecular flexibility index (Phi) is 10.7. The molecule has 2 aliphatic rings. The van der Waals surface area contributed by atoms with E-state index in [-0.39, 0.29) is 34.8 Å². The minimum atomic E-state index is -0.549. The van der Waals surface area contributed by atoms with Crippen molar-refractivity contribution in [2.75, 3.05) is 13.1 Å². The summed E-state index contributed by atoms with van der Waals surface area (Å²) in [4.78, 5) is 61.9. The summed E-state index contributed by atoms with van der Waals surface area (Å²) in [6.45, 7) is 6.47. The van der Waals surface area contributed by atoms with Gasteiger partial charge in [0.2, 0.25) is 5.91 Å². The summed E-state index contributed by atoms with van der Waals surface area (Å²) >= 11 is 0. The Morgan fingerprint density at radius 1 is 0.795 bits per heavy atom. The first kappa shape index (κ1) is 32.2. The van der Waals surface area contributed by atoms with Crippen LogP contribution in [-0.2, 0) is 52.8 Å². The lowest BCUT2D eigenvalue weighted by Gasteiger charge is -2.38. The van der Waals surface area contributed by atoms with Gasteiger partial charge in [-0.2, -0.15) is 0 Å². The lowest BCUT2D eigenvalue weighted by atomic mass is 9.91. The molecule has 1 aliphatic carbocycles. The zero-order valence-electron chi connectivity index (χ0n) is 25.2. The van der Waals surface area contributed by atoms with Crippen molar-refractivity contribution in [3.8, 4) is 11.5 Å². The van der Waals surface area contributed by atoms with E-state index in [1.54, 1.807) is 30.4 Å². The summed E-state index contributed by atoms with van der Waals surface area (Å²) in [6, 6.07) is 12.5. The number of benzene rings is 2. The first-order valence-corrected chi connectivity index (χ1v) is 14.4.